The summed E-state index contributed by atoms with van der Waals surface area (Å²) >= 11 is 0. The Hall–Kier alpha value is -2.95. The Morgan fingerprint density at radius 1 is 1.18 bits per heavy atom. The van der Waals surface area contributed by atoms with Crippen LogP contribution >= 0.6 is 0 Å². The molecule has 22 heavy (non-hydrogen) atoms. The largest absolute Gasteiger partial charge is 0.399 e. The Morgan fingerprint density at radius 3 is 2.86 bits per heavy atom. The monoisotopic (exact) mass is 295 g/mol. The van der Waals surface area contributed by atoms with Crippen molar-refractivity contribution in [2.45, 2.75) is 6.54 Å². The number of halogens is 1. The minimum atomic E-state index is -0.595. The molecule has 0 aliphatic carbocycles. The predicted molar refractivity (Wildman–Crippen MR) is 83.7 cm³/mol. The Kier molecular flexibility index (Phi) is 3.70. The maximum atomic E-state index is 13.7. The van der Waals surface area contributed by atoms with Crippen LogP contribution in [0, 0.1) is 5.82 Å². The van der Waals surface area contributed by atoms with Gasteiger partial charge in [-0.25, -0.2) is 4.39 Å². The van der Waals surface area contributed by atoms with Gasteiger partial charge in [-0.3, -0.25) is 9.78 Å². The van der Waals surface area contributed by atoms with Crippen molar-refractivity contribution in [3.63, 3.8) is 0 Å². The maximum Gasteiger partial charge on any atom is 0.254 e. The first kappa shape index (κ1) is 14.0. The van der Waals surface area contributed by atoms with E-state index in [0.29, 0.717) is 5.69 Å². The highest BCUT2D eigenvalue weighted by Gasteiger charge is 2.12. The first-order chi connectivity index (χ1) is 10.6. The first-order valence-electron chi connectivity index (χ1n) is 6.81. The Balaban J connectivity index is 1.82. The van der Waals surface area contributed by atoms with Crippen molar-refractivity contribution in [3.8, 4) is 0 Å². The molecular weight excluding hydrogens is 281 g/mol. The number of fused-ring (bicyclic) bond motifs is 1. The second-order valence-electron chi connectivity index (χ2n) is 4.91. The fourth-order valence-electron chi connectivity index (χ4n) is 2.30. The van der Waals surface area contributed by atoms with Crippen LogP contribution in [0.5, 0.6) is 0 Å². The van der Waals surface area contributed by atoms with Gasteiger partial charge in [-0.05, 0) is 29.8 Å². The first-order valence-corrected chi connectivity index (χ1v) is 6.81. The maximum absolute atomic E-state index is 13.7. The number of nitrogen functional groups attached to an aromatic ring is 1. The van der Waals surface area contributed by atoms with Gasteiger partial charge in [0.1, 0.15) is 5.82 Å². The van der Waals surface area contributed by atoms with Crippen molar-refractivity contribution in [2.75, 3.05) is 5.73 Å². The third-order valence-corrected chi connectivity index (χ3v) is 3.39. The van der Waals surface area contributed by atoms with E-state index in [0.717, 1.165) is 16.5 Å². The third kappa shape index (κ3) is 2.74. The van der Waals surface area contributed by atoms with Crippen LogP contribution in [-0.4, -0.2) is 10.9 Å². The topological polar surface area (TPSA) is 68.0 Å². The summed E-state index contributed by atoms with van der Waals surface area (Å²) in [5.74, 6) is -1.10. The van der Waals surface area contributed by atoms with Gasteiger partial charge in [-0.2, -0.15) is 0 Å². The number of anilines is 1. The van der Waals surface area contributed by atoms with Crippen molar-refractivity contribution < 1.29 is 9.18 Å². The number of carbonyl (C=O) groups is 1. The quantitative estimate of drug-likeness (QED) is 0.730. The molecule has 0 unspecified atom stereocenters. The number of hydrogen-bond acceptors (Lipinski definition) is 3. The molecule has 2 aromatic carbocycles. The van der Waals surface area contributed by atoms with Gasteiger partial charge >= 0.3 is 0 Å². The molecule has 0 bridgehead atoms. The number of amides is 1. The van der Waals surface area contributed by atoms with Gasteiger partial charge in [-0.1, -0.05) is 24.3 Å². The Morgan fingerprint density at radius 2 is 2.00 bits per heavy atom. The standard InChI is InChI=1S/C17H14FN3O/c18-15-7-6-13(19)9-14(15)17(22)21-10-12-4-1-3-11-5-2-8-20-16(11)12/h1-9H,10,19H2,(H,21,22). The summed E-state index contributed by atoms with van der Waals surface area (Å²) in [5, 5.41) is 3.69. The van der Waals surface area contributed by atoms with Crippen molar-refractivity contribution in [1.82, 2.24) is 10.3 Å². The van der Waals surface area contributed by atoms with Crippen LogP contribution in [0.3, 0.4) is 0 Å². The summed E-state index contributed by atoms with van der Waals surface area (Å²) < 4.78 is 13.7. The smallest absolute Gasteiger partial charge is 0.254 e. The number of carbonyl (C=O) groups excluding carboxylic acids is 1. The fraction of sp³-hybridized carbons (Fsp3) is 0.0588. The van der Waals surface area contributed by atoms with Crippen LogP contribution in [0.1, 0.15) is 15.9 Å². The molecular formula is C17H14FN3O. The number of aromatic nitrogens is 1. The summed E-state index contributed by atoms with van der Waals surface area (Å²) in [6, 6.07) is 13.5. The third-order valence-electron chi connectivity index (χ3n) is 3.39. The average molecular weight is 295 g/mol. The molecule has 1 amide bonds. The van der Waals surface area contributed by atoms with Gasteiger partial charge in [0.15, 0.2) is 0 Å². The van der Waals surface area contributed by atoms with Gasteiger partial charge in [-0.15, -0.1) is 0 Å². The number of nitrogens with two attached hydrogens (primary N) is 1. The molecule has 0 aliphatic heterocycles. The van der Waals surface area contributed by atoms with Gasteiger partial charge in [0, 0.05) is 23.8 Å². The van der Waals surface area contributed by atoms with E-state index in [2.05, 4.69) is 10.3 Å². The highest BCUT2D eigenvalue weighted by atomic mass is 19.1. The highest BCUT2D eigenvalue weighted by Crippen LogP contribution is 2.16. The van der Waals surface area contributed by atoms with Crippen molar-refractivity contribution in [3.05, 3.63) is 71.7 Å². The highest BCUT2D eigenvalue weighted by molar-refractivity contribution is 5.95. The molecule has 3 aromatic rings. The van der Waals surface area contributed by atoms with Crippen LogP contribution in [0.4, 0.5) is 10.1 Å². The SMILES string of the molecule is Nc1ccc(F)c(C(=O)NCc2cccc3cccnc23)c1. The lowest BCUT2D eigenvalue weighted by Gasteiger charge is -2.09. The van der Waals surface area contributed by atoms with E-state index in [1.807, 2.05) is 30.3 Å². The Labute approximate surface area is 126 Å². The molecule has 1 aromatic heterocycles. The Bertz CT molecular complexity index is 843. The molecule has 4 nitrogen and oxygen atoms in total. The van der Waals surface area contributed by atoms with E-state index >= 15 is 0 Å². The molecule has 0 radical (unpaired) electrons. The van der Waals surface area contributed by atoms with Crippen LogP contribution in [-0.2, 0) is 6.54 Å². The number of rotatable bonds is 3. The number of para-hydroxylation sites is 1. The minimum absolute atomic E-state index is 0.0619. The summed E-state index contributed by atoms with van der Waals surface area (Å²) in [5.41, 5.74) is 7.56. The lowest BCUT2D eigenvalue weighted by Crippen LogP contribution is -2.24. The van der Waals surface area contributed by atoms with Crippen molar-refractivity contribution >= 4 is 22.5 Å². The summed E-state index contributed by atoms with van der Waals surface area (Å²) in [6.45, 7) is 0.265. The number of pyridine rings is 1. The van der Waals surface area contributed by atoms with Crippen molar-refractivity contribution in [2.24, 2.45) is 0 Å². The van der Waals surface area contributed by atoms with Gasteiger partial charge in [0.2, 0.25) is 0 Å². The zero-order valence-electron chi connectivity index (χ0n) is 11.7. The number of nitrogens with zero attached hydrogens (tertiary/aromatic N) is 1. The predicted octanol–water partition coefficient (Wildman–Crippen LogP) is 2.89. The molecule has 0 atom stereocenters. The van der Waals surface area contributed by atoms with Gasteiger partial charge < -0.3 is 11.1 Å². The van der Waals surface area contributed by atoms with E-state index in [1.165, 1.54) is 18.2 Å². The van der Waals surface area contributed by atoms with E-state index in [-0.39, 0.29) is 12.1 Å². The van der Waals surface area contributed by atoms with Gasteiger partial charge in [0.25, 0.3) is 5.91 Å². The molecule has 110 valence electrons. The molecule has 5 heteroatoms. The van der Waals surface area contributed by atoms with Crippen LogP contribution in [0.25, 0.3) is 10.9 Å². The molecule has 0 aliphatic rings. The zero-order chi connectivity index (χ0) is 15.5. The fourth-order valence-corrected chi connectivity index (χ4v) is 2.30. The van der Waals surface area contributed by atoms with E-state index in [1.54, 1.807) is 6.20 Å². The lowest BCUT2D eigenvalue weighted by molar-refractivity contribution is 0.0947. The molecule has 3 N–H and O–H groups in total. The summed E-state index contributed by atoms with van der Waals surface area (Å²) in [6.07, 6.45) is 1.70. The second-order valence-corrected chi connectivity index (χ2v) is 4.91. The number of nitrogens with one attached hydrogen (secondary N) is 1. The second kappa shape index (κ2) is 5.81. The van der Waals surface area contributed by atoms with Crippen LogP contribution in [0.15, 0.2) is 54.7 Å². The van der Waals surface area contributed by atoms with Crippen LogP contribution < -0.4 is 11.1 Å². The average Bonchev–Trinajstić information content (AvgIpc) is 2.54. The number of benzene rings is 2. The summed E-state index contributed by atoms with van der Waals surface area (Å²) in [4.78, 5) is 16.4. The van der Waals surface area contributed by atoms with E-state index < -0.39 is 11.7 Å². The molecule has 0 spiro atoms. The lowest BCUT2D eigenvalue weighted by atomic mass is 10.1. The minimum Gasteiger partial charge on any atom is -0.399 e. The normalized spacial score (nSPS) is 10.6. The zero-order valence-corrected chi connectivity index (χ0v) is 11.7. The molecule has 0 saturated carbocycles. The van der Waals surface area contributed by atoms with Gasteiger partial charge in [0.05, 0.1) is 11.1 Å². The van der Waals surface area contributed by atoms with Crippen LogP contribution in [0.2, 0.25) is 0 Å². The molecule has 0 fully saturated rings. The molecule has 1 heterocycles. The van der Waals surface area contributed by atoms with Crippen molar-refractivity contribution in [1.29, 1.82) is 0 Å². The molecule has 0 saturated heterocycles. The molecule has 3 rings (SSSR count). The van der Waals surface area contributed by atoms with E-state index in [4.69, 9.17) is 5.73 Å². The van der Waals surface area contributed by atoms with E-state index in [9.17, 15) is 9.18 Å². The number of hydrogen-bond donors (Lipinski definition) is 2. The summed E-state index contributed by atoms with van der Waals surface area (Å²) in [7, 11) is 0.